The van der Waals surface area contributed by atoms with Crippen molar-refractivity contribution in [2.45, 2.75) is 12.5 Å². The van der Waals surface area contributed by atoms with Gasteiger partial charge in [0.15, 0.2) is 0 Å². The first-order chi connectivity index (χ1) is 6.31. The number of nitrogens with one attached hydrogen (secondary N) is 1. The molecule has 0 spiro atoms. The number of hydrogen-bond donors (Lipinski definition) is 2. The third-order valence-corrected chi connectivity index (χ3v) is 2.99. The van der Waals surface area contributed by atoms with Crippen LogP contribution in [0, 0.1) is 0 Å². The minimum atomic E-state index is 0.138. The minimum Gasteiger partial charge on any atom is -0.392 e. The van der Waals surface area contributed by atoms with Crippen molar-refractivity contribution in [2.75, 3.05) is 13.1 Å². The molecule has 1 aromatic rings. The van der Waals surface area contributed by atoms with Crippen LogP contribution in [0.3, 0.4) is 0 Å². The molecule has 0 radical (unpaired) electrons. The molecule has 1 fully saturated rings. The van der Waals surface area contributed by atoms with Gasteiger partial charge in [-0.2, -0.15) is 0 Å². The highest BCUT2D eigenvalue weighted by molar-refractivity contribution is 9.10. The molecule has 1 aliphatic heterocycles. The van der Waals surface area contributed by atoms with Gasteiger partial charge in [-0.15, -0.1) is 0 Å². The lowest BCUT2D eigenvalue weighted by Gasteiger charge is -2.29. The Balaban J connectivity index is 2.33. The fourth-order valence-electron chi connectivity index (χ4n) is 1.60. The van der Waals surface area contributed by atoms with Crippen molar-refractivity contribution < 1.29 is 5.11 Å². The van der Waals surface area contributed by atoms with E-state index in [1.54, 1.807) is 0 Å². The van der Waals surface area contributed by atoms with Crippen LogP contribution in [0.2, 0.25) is 0 Å². The predicted molar refractivity (Wildman–Crippen MR) is 55.7 cm³/mol. The smallest absolute Gasteiger partial charge is 0.0684 e. The summed E-state index contributed by atoms with van der Waals surface area (Å²) in [5, 5.41) is 12.4. The number of benzene rings is 1. The topological polar surface area (TPSA) is 32.3 Å². The average molecular weight is 242 g/mol. The Kier molecular flexibility index (Phi) is 2.67. The highest BCUT2D eigenvalue weighted by Crippen LogP contribution is 2.26. The van der Waals surface area contributed by atoms with Crippen LogP contribution in [-0.2, 0) is 6.61 Å². The zero-order chi connectivity index (χ0) is 9.26. The Morgan fingerprint density at radius 3 is 2.77 bits per heavy atom. The first-order valence-corrected chi connectivity index (χ1v) is 5.20. The predicted octanol–water partition coefficient (Wildman–Crippen LogP) is 1.63. The molecule has 70 valence electrons. The summed E-state index contributed by atoms with van der Waals surface area (Å²) < 4.78 is 1.09. The average Bonchev–Trinajstić information content (AvgIpc) is 2.02. The summed E-state index contributed by atoms with van der Waals surface area (Å²) in [4.78, 5) is 0. The van der Waals surface area contributed by atoms with Gasteiger partial charge >= 0.3 is 0 Å². The van der Waals surface area contributed by atoms with Crippen molar-refractivity contribution >= 4 is 15.9 Å². The fourth-order valence-corrected chi connectivity index (χ4v) is 1.98. The van der Waals surface area contributed by atoms with Crippen LogP contribution >= 0.6 is 15.9 Å². The van der Waals surface area contributed by atoms with Gasteiger partial charge in [0.25, 0.3) is 0 Å². The van der Waals surface area contributed by atoms with Gasteiger partial charge in [0.1, 0.15) is 0 Å². The van der Waals surface area contributed by atoms with Crippen LogP contribution in [0.15, 0.2) is 22.7 Å². The Labute approximate surface area is 86.1 Å². The van der Waals surface area contributed by atoms with Gasteiger partial charge < -0.3 is 10.4 Å². The molecular weight excluding hydrogens is 230 g/mol. The second kappa shape index (κ2) is 3.78. The van der Waals surface area contributed by atoms with E-state index < -0.39 is 0 Å². The number of rotatable bonds is 2. The van der Waals surface area contributed by atoms with E-state index in [-0.39, 0.29) is 6.61 Å². The lowest BCUT2D eigenvalue weighted by molar-refractivity contribution is 0.278. The highest BCUT2D eigenvalue weighted by atomic mass is 79.9. The molecule has 0 atom stereocenters. The maximum Gasteiger partial charge on any atom is 0.0684 e. The molecule has 0 aromatic heterocycles. The summed E-state index contributed by atoms with van der Waals surface area (Å²) in [5.74, 6) is 0.583. The van der Waals surface area contributed by atoms with Crippen LogP contribution < -0.4 is 5.32 Å². The number of hydrogen-bond acceptors (Lipinski definition) is 2. The second-order valence-electron chi connectivity index (χ2n) is 3.36. The van der Waals surface area contributed by atoms with Crippen molar-refractivity contribution in [2.24, 2.45) is 0 Å². The van der Waals surface area contributed by atoms with E-state index in [4.69, 9.17) is 5.11 Å². The molecule has 0 unspecified atom stereocenters. The Bertz CT molecular complexity index is 310. The zero-order valence-corrected chi connectivity index (χ0v) is 8.84. The van der Waals surface area contributed by atoms with E-state index in [1.165, 1.54) is 5.56 Å². The number of halogens is 1. The molecule has 0 bridgehead atoms. The van der Waals surface area contributed by atoms with E-state index in [2.05, 4.69) is 27.3 Å². The highest BCUT2D eigenvalue weighted by Gasteiger charge is 2.21. The lowest BCUT2D eigenvalue weighted by atomic mass is 9.90. The van der Waals surface area contributed by atoms with Gasteiger partial charge in [-0.05, 0) is 23.3 Å². The van der Waals surface area contributed by atoms with Gasteiger partial charge in [0.05, 0.1) is 6.61 Å². The van der Waals surface area contributed by atoms with Gasteiger partial charge in [-0.25, -0.2) is 0 Å². The van der Waals surface area contributed by atoms with E-state index >= 15 is 0 Å². The zero-order valence-electron chi connectivity index (χ0n) is 7.26. The summed E-state index contributed by atoms with van der Waals surface area (Å²) in [6.07, 6.45) is 0. The largest absolute Gasteiger partial charge is 0.392 e. The molecule has 1 saturated heterocycles. The maximum absolute atomic E-state index is 9.14. The van der Waals surface area contributed by atoms with E-state index in [0.29, 0.717) is 5.92 Å². The van der Waals surface area contributed by atoms with Gasteiger partial charge in [-0.1, -0.05) is 22.0 Å². The molecule has 1 aromatic carbocycles. The van der Waals surface area contributed by atoms with Gasteiger partial charge in [0, 0.05) is 23.5 Å². The van der Waals surface area contributed by atoms with Crippen molar-refractivity contribution in [3.05, 3.63) is 33.8 Å². The van der Waals surface area contributed by atoms with Crippen molar-refractivity contribution in [3.63, 3.8) is 0 Å². The molecule has 0 amide bonds. The first kappa shape index (κ1) is 9.19. The van der Waals surface area contributed by atoms with Gasteiger partial charge in [-0.3, -0.25) is 0 Å². The maximum atomic E-state index is 9.14. The van der Waals surface area contributed by atoms with Crippen LogP contribution in [0.25, 0.3) is 0 Å². The molecular formula is C10H12BrNO. The molecule has 1 heterocycles. The SMILES string of the molecule is OCc1ccc(Br)cc1C1CNC1. The molecule has 1 aliphatic rings. The standard InChI is InChI=1S/C10H12BrNO/c11-9-2-1-7(6-13)10(3-9)8-4-12-5-8/h1-3,8,12-13H,4-6H2. The minimum absolute atomic E-state index is 0.138. The summed E-state index contributed by atoms with van der Waals surface area (Å²) in [5.41, 5.74) is 2.32. The summed E-state index contributed by atoms with van der Waals surface area (Å²) in [7, 11) is 0. The third-order valence-electron chi connectivity index (χ3n) is 2.50. The normalized spacial score (nSPS) is 17.1. The van der Waals surface area contributed by atoms with E-state index in [9.17, 15) is 0 Å². The molecule has 13 heavy (non-hydrogen) atoms. The summed E-state index contributed by atoms with van der Waals surface area (Å²) >= 11 is 3.45. The number of aliphatic hydroxyl groups is 1. The Morgan fingerprint density at radius 1 is 1.46 bits per heavy atom. The molecule has 3 heteroatoms. The number of aliphatic hydroxyl groups excluding tert-OH is 1. The fraction of sp³-hybridized carbons (Fsp3) is 0.400. The van der Waals surface area contributed by atoms with Crippen molar-refractivity contribution in [3.8, 4) is 0 Å². The molecule has 0 aliphatic carbocycles. The van der Waals surface area contributed by atoms with Crippen LogP contribution in [-0.4, -0.2) is 18.2 Å². The van der Waals surface area contributed by atoms with Crippen molar-refractivity contribution in [1.82, 2.24) is 5.32 Å². The Morgan fingerprint density at radius 2 is 2.23 bits per heavy atom. The van der Waals surface area contributed by atoms with E-state index in [0.717, 1.165) is 23.1 Å². The van der Waals surface area contributed by atoms with Crippen LogP contribution in [0.5, 0.6) is 0 Å². The summed E-state index contributed by atoms with van der Waals surface area (Å²) in [6, 6.07) is 6.07. The van der Waals surface area contributed by atoms with Crippen molar-refractivity contribution in [1.29, 1.82) is 0 Å². The molecule has 2 nitrogen and oxygen atoms in total. The quantitative estimate of drug-likeness (QED) is 0.826. The molecule has 2 N–H and O–H groups in total. The van der Waals surface area contributed by atoms with Gasteiger partial charge in [0.2, 0.25) is 0 Å². The lowest BCUT2D eigenvalue weighted by Crippen LogP contribution is -2.40. The molecule has 2 rings (SSSR count). The second-order valence-corrected chi connectivity index (χ2v) is 4.27. The third kappa shape index (κ3) is 1.77. The first-order valence-electron chi connectivity index (χ1n) is 4.41. The van der Waals surface area contributed by atoms with Crippen LogP contribution in [0.1, 0.15) is 17.0 Å². The molecule has 0 saturated carbocycles. The van der Waals surface area contributed by atoms with Crippen LogP contribution in [0.4, 0.5) is 0 Å². The monoisotopic (exact) mass is 241 g/mol. The van der Waals surface area contributed by atoms with E-state index in [1.807, 2.05) is 12.1 Å². The Hall–Kier alpha value is -0.380. The summed E-state index contributed by atoms with van der Waals surface area (Å²) in [6.45, 7) is 2.20.